The second-order valence-corrected chi connectivity index (χ2v) is 7.02. The van der Waals surface area contributed by atoms with Crippen LogP contribution in [0, 0.1) is 5.92 Å². The minimum atomic E-state index is -0.461. The van der Waals surface area contributed by atoms with E-state index in [2.05, 4.69) is 46.6 Å². The van der Waals surface area contributed by atoms with E-state index < -0.39 is 6.03 Å². The monoisotopic (exact) mass is 343 g/mol. The Bertz CT molecular complexity index is 504. The van der Waals surface area contributed by atoms with Gasteiger partial charge in [0.2, 0.25) is 11.0 Å². The first-order valence-corrected chi connectivity index (χ1v) is 8.70. The first-order valence-electron chi connectivity index (χ1n) is 6.90. The molecule has 1 aromatic rings. The highest BCUT2D eigenvalue weighted by Crippen LogP contribution is 2.24. The van der Waals surface area contributed by atoms with Gasteiger partial charge in [-0.25, -0.2) is 4.79 Å². The van der Waals surface area contributed by atoms with Crippen LogP contribution in [0.2, 0.25) is 0 Å². The molecule has 1 aromatic heterocycles. The number of aromatic nitrogens is 2. The van der Waals surface area contributed by atoms with Gasteiger partial charge in [0, 0.05) is 13.1 Å². The van der Waals surface area contributed by atoms with Gasteiger partial charge in [0.25, 0.3) is 0 Å². The van der Waals surface area contributed by atoms with Gasteiger partial charge < -0.3 is 10.6 Å². The van der Waals surface area contributed by atoms with Crippen LogP contribution >= 0.6 is 23.1 Å². The Kier molecular flexibility index (Phi) is 8.53. The number of amides is 3. The average molecular weight is 343 g/mol. The first-order chi connectivity index (χ1) is 10.5. The Morgan fingerprint density at radius 2 is 2.18 bits per heavy atom. The minimum absolute atomic E-state index is 0.119. The van der Waals surface area contributed by atoms with Crippen LogP contribution in [0.4, 0.5) is 9.93 Å². The smallest absolute Gasteiger partial charge is 0.321 e. The number of carbonyl (C=O) groups excluding carboxylic acids is 2. The van der Waals surface area contributed by atoms with Crippen LogP contribution in [0.25, 0.3) is 0 Å². The molecule has 0 unspecified atom stereocenters. The number of thioether (sulfide) groups is 1. The molecule has 1 heterocycles. The third kappa shape index (κ3) is 7.99. The van der Waals surface area contributed by atoms with E-state index in [9.17, 15) is 9.59 Å². The average Bonchev–Trinajstić information content (AvgIpc) is 2.90. The van der Waals surface area contributed by atoms with E-state index in [1.54, 1.807) is 6.08 Å². The summed E-state index contributed by atoms with van der Waals surface area (Å²) in [6.07, 6.45) is 2.60. The van der Waals surface area contributed by atoms with Crippen LogP contribution < -0.4 is 16.0 Å². The number of hydrogen-bond donors (Lipinski definition) is 3. The molecule has 0 spiro atoms. The molecular formula is C13H21N5O2S2. The van der Waals surface area contributed by atoms with Gasteiger partial charge in [0.1, 0.15) is 0 Å². The van der Waals surface area contributed by atoms with Crippen LogP contribution in [0.3, 0.4) is 0 Å². The van der Waals surface area contributed by atoms with Crippen molar-refractivity contribution in [2.45, 2.75) is 24.6 Å². The fraction of sp³-hybridized carbons (Fsp3) is 0.538. The molecule has 0 aliphatic rings. The van der Waals surface area contributed by atoms with Crippen molar-refractivity contribution >= 4 is 40.2 Å². The van der Waals surface area contributed by atoms with E-state index in [1.807, 2.05) is 0 Å². The third-order valence-electron chi connectivity index (χ3n) is 2.39. The highest BCUT2D eigenvalue weighted by molar-refractivity contribution is 8.01. The predicted octanol–water partition coefficient (Wildman–Crippen LogP) is 2.10. The van der Waals surface area contributed by atoms with Crippen molar-refractivity contribution in [3.05, 3.63) is 12.7 Å². The van der Waals surface area contributed by atoms with Gasteiger partial charge in [-0.3, -0.25) is 10.1 Å². The lowest BCUT2D eigenvalue weighted by Gasteiger charge is -2.07. The van der Waals surface area contributed by atoms with Gasteiger partial charge >= 0.3 is 6.03 Å². The minimum Gasteiger partial charge on any atom is -0.357 e. The fourth-order valence-corrected chi connectivity index (χ4v) is 2.87. The molecule has 0 aliphatic heterocycles. The molecule has 1 rings (SSSR count). The lowest BCUT2D eigenvalue weighted by atomic mass is 10.1. The second-order valence-electron chi connectivity index (χ2n) is 4.82. The van der Waals surface area contributed by atoms with Crippen molar-refractivity contribution in [2.24, 2.45) is 5.92 Å². The topological polar surface area (TPSA) is 96.0 Å². The largest absolute Gasteiger partial charge is 0.357 e. The van der Waals surface area contributed by atoms with Crippen molar-refractivity contribution in [3.8, 4) is 0 Å². The third-order valence-corrected chi connectivity index (χ3v) is 4.41. The number of nitrogens with zero attached hydrogens (tertiary/aromatic N) is 2. The van der Waals surface area contributed by atoms with Crippen molar-refractivity contribution in [2.75, 3.05) is 24.2 Å². The molecule has 0 saturated heterocycles. The summed E-state index contributed by atoms with van der Waals surface area (Å²) in [5, 5.41) is 16.5. The van der Waals surface area contributed by atoms with E-state index in [-0.39, 0.29) is 11.7 Å². The summed E-state index contributed by atoms with van der Waals surface area (Å²) >= 11 is 2.59. The Morgan fingerprint density at radius 1 is 1.41 bits per heavy atom. The van der Waals surface area contributed by atoms with E-state index >= 15 is 0 Å². The van der Waals surface area contributed by atoms with E-state index in [0.717, 1.165) is 6.42 Å². The van der Waals surface area contributed by atoms with Crippen LogP contribution in [-0.2, 0) is 4.79 Å². The molecule has 9 heteroatoms. The molecule has 22 heavy (non-hydrogen) atoms. The summed E-state index contributed by atoms with van der Waals surface area (Å²) in [7, 11) is 0. The van der Waals surface area contributed by atoms with Crippen LogP contribution in [0.15, 0.2) is 17.0 Å². The molecule has 0 fully saturated rings. The lowest BCUT2D eigenvalue weighted by Crippen LogP contribution is -2.40. The Labute approximate surface area is 138 Å². The Morgan fingerprint density at radius 3 is 2.86 bits per heavy atom. The number of imide groups is 1. The Hall–Kier alpha value is -1.61. The summed E-state index contributed by atoms with van der Waals surface area (Å²) in [4.78, 5) is 23.1. The fourth-order valence-electron chi connectivity index (χ4n) is 1.31. The molecule has 0 bridgehead atoms. The molecule has 3 N–H and O–H groups in total. The second kappa shape index (κ2) is 10.2. The molecule has 0 aliphatic carbocycles. The molecular weight excluding hydrogens is 322 g/mol. The van der Waals surface area contributed by atoms with Crippen molar-refractivity contribution in [1.29, 1.82) is 0 Å². The number of hydrogen-bond acceptors (Lipinski definition) is 7. The summed E-state index contributed by atoms with van der Waals surface area (Å²) in [6.45, 7) is 8.90. The molecule has 7 nitrogen and oxygen atoms in total. The van der Waals surface area contributed by atoms with Gasteiger partial charge in [-0.05, 0) is 12.3 Å². The van der Waals surface area contributed by atoms with Gasteiger partial charge in [0.05, 0.1) is 5.75 Å². The highest BCUT2D eigenvalue weighted by Gasteiger charge is 2.10. The maximum absolute atomic E-state index is 11.6. The van der Waals surface area contributed by atoms with Gasteiger partial charge in [0.15, 0.2) is 4.34 Å². The predicted molar refractivity (Wildman–Crippen MR) is 90.3 cm³/mol. The molecule has 122 valence electrons. The number of anilines is 1. The number of carbonyl (C=O) groups is 2. The van der Waals surface area contributed by atoms with Crippen molar-refractivity contribution in [3.63, 3.8) is 0 Å². The number of rotatable bonds is 9. The van der Waals surface area contributed by atoms with Crippen LogP contribution in [0.5, 0.6) is 0 Å². The van der Waals surface area contributed by atoms with E-state index in [0.29, 0.717) is 28.5 Å². The summed E-state index contributed by atoms with van der Waals surface area (Å²) in [5.41, 5.74) is 0. The summed E-state index contributed by atoms with van der Waals surface area (Å²) < 4.78 is 0.668. The normalized spacial score (nSPS) is 10.3. The summed E-state index contributed by atoms with van der Waals surface area (Å²) in [5.74, 6) is 0.268. The SMILES string of the molecule is C=CCNc1nnc(SCC(=O)NC(=O)NCCC(C)C)s1. The molecule has 0 atom stereocenters. The summed E-state index contributed by atoms with van der Waals surface area (Å²) in [6, 6.07) is -0.461. The molecule has 0 aromatic carbocycles. The zero-order valence-corrected chi connectivity index (χ0v) is 14.4. The van der Waals surface area contributed by atoms with Crippen LogP contribution in [0.1, 0.15) is 20.3 Å². The maximum Gasteiger partial charge on any atom is 0.321 e. The zero-order chi connectivity index (χ0) is 16.4. The maximum atomic E-state index is 11.6. The molecule has 0 saturated carbocycles. The van der Waals surface area contributed by atoms with Crippen molar-refractivity contribution < 1.29 is 9.59 Å². The van der Waals surface area contributed by atoms with Gasteiger partial charge in [-0.2, -0.15) is 0 Å². The van der Waals surface area contributed by atoms with E-state index in [4.69, 9.17) is 0 Å². The number of urea groups is 1. The first kappa shape index (κ1) is 18.4. The van der Waals surface area contributed by atoms with Gasteiger partial charge in [-0.1, -0.05) is 43.0 Å². The molecule has 0 radical (unpaired) electrons. The zero-order valence-electron chi connectivity index (χ0n) is 12.7. The molecule has 3 amide bonds. The van der Waals surface area contributed by atoms with Crippen molar-refractivity contribution in [1.82, 2.24) is 20.8 Å². The van der Waals surface area contributed by atoms with Crippen LogP contribution in [-0.4, -0.2) is 41.0 Å². The quantitative estimate of drug-likeness (QED) is 0.469. The van der Waals surface area contributed by atoms with E-state index in [1.165, 1.54) is 23.1 Å². The lowest BCUT2D eigenvalue weighted by molar-refractivity contribution is -0.117. The highest BCUT2D eigenvalue weighted by atomic mass is 32.2. The Balaban J connectivity index is 2.23. The number of nitrogens with one attached hydrogen (secondary N) is 3. The van der Waals surface area contributed by atoms with Gasteiger partial charge in [-0.15, -0.1) is 16.8 Å². The standard InChI is InChI=1S/C13H21N5O2S2/c1-4-6-15-12-17-18-13(22-12)21-8-10(19)16-11(20)14-7-5-9(2)3/h4,9H,1,5-8H2,2-3H3,(H,15,17)(H2,14,16,19,20).